The van der Waals surface area contributed by atoms with Gasteiger partial charge in [0.15, 0.2) is 0 Å². The van der Waals surface area contributed by atoms with Crippen LogP contribution in [-0.4, -0.2) is 30.2 Å². The molecule has 1 fully saturated rings. The predicted molar refractivity (Wildman–Crippen MR) is 70.3 cm³/mol. The molecule has 1 saturated heterocycles. The minimum absolute atomic E-state index is 0.0850. The number of hydrogen-bond donors (Lipinski definition) is 0. The average molecular weight is 302 g/mol. The zero-order chi connectivity index (χ0) is 14.9. The lowest BCUT2D eigenvalue weighted by molar-refractivity contribution is -0.387. The van der Waals surface area contributed by atoms with Gasteiger partial charge in [-0.1, -0.05) is 6.92 Å². The number of nitro benzene ring substituents is 1. The Morgan fingerprint density at radius 3 is 2.75 bits per heavy atom. The van der Waals surface area contributed by atoms with E-state index >= 15 is 0 Å². The highest BCUT2D eigenvalue weighted by Gasteiger charge is 2.34. The Hall–Kier alpha value is -1.54. The third-order valence-electron chi connectivity index (χ3n) is 3.52. The molecule has 0 spiro atoms. The lowest BCUT2D eigenvalue weighted by Gasteiger charge is -2.22. The zero-order valence-electron chi connectivity index (χ0n) is 11.0. The van der Waals surface area contributed by atoms with Crippen LogP contribution in [0.3, 0.4) is 0 Å². The van der Waals surface area contributed by atoms with Crippen molar-refractivity contribution in [3.05, 3.63) is 34.1 Å². The first-order valence-corrected chi connectivity index (χ1v) is 7.77. The molecule has 0 bridgehead atoms. The van der Waals surface area contributed by atoms with E-state index in [1.54, 1.807) is 0 Å². The third-order valence-corrected chi connectivity index (χ3v) is 5.46. The maximum atomic E-state index is 13.6. The molecule has 1 aromatic rings. The zero-order valence-corrected chi connectivity index (χ0v) is 11.8. The summed E-state index contributed by atoms with van der Waals surface area (Å²) >= 11 is 0. The molecule has 1 aliphatic rings. The van der Waals surface area contributed by atoms with Crippen LogP contribution in [0.4, 0.5) is 10.1 Å². The molecule has 1 aromatic carbocycles. The summed E-state index contributed by atoms with van der Waals surface area (Å²) in [6.07, 6.45) is 2.24. The summed E-state index contributed by atoms with van der Waals surface area (Å²) in [7, 11) is -3.79. The molecular weight excluding hydrogens is 287 g/mol. The number of rotatable bonds is 4. The fraction of sp³-hybridized carbons (Fsp3) is 0.500. The molecule has 0 radical (unpaired) electrons. The van der Waals surface area contributed by atoms with Crippen molar-refractivity contribution in [2.45, 2.75) is 37.1 Å². The molecule has 0 saturated carbocycles. The van der Waals surface area contributed by atoms with E-state index in [0.29, 0.717) is 13.0 Å². The second-order valence-electron chi connectivity index (χ2n) is 4.69. The first kappa shape index (κ1) is 14.9. The summed E-state index contributed by atoms with van der Waals surface area (Å²) in [6, 6.07) is 2.61. The molecule has 1 unspecified atom stereocenters. The van der Waals surface area contributed by atoms with Gasteiger partial charge >= 0.3 is 5.69 Å². The second-order valence-corrected chi connectivity index (χ2v) is 6.58. The molecule has 8 heteroatoms. The number of nitro groups is 1. The fourth-order valence-corrected chi connectivity index (χ4v) is 4.24. The Labute approximate surface area is 116 Å². The van der Waals surface area contributed by atoms with Crippen molar-refractivity contribution in [1.29, 1.82) is 0 Å². The van der Waals surface area contributed by atoms with Crippen LogP contribution in [0.5, 0.6) is 0 Å². The molecular formula is C12H15FN2O4S. The number of sulfonamides is 1. The van der Waals surface area contributed by atoms with Crippen LogP contribution in [0.1, 0.15) is 26.2 Å². The van der Waals surface area contributed by atoms with Crippen LogP contribution in [0.25, 0.3) is 0 Å². The van der Waals surface area contributed by atoms with Crippen LogP contribution in [-0.2, 0) is 10.0 Å². The van der Waals surface area contributed by atoms with Crippen molar-refractivity contribution in [2.75, 3.05) is 6.54 Å². The van der Waals surface area contributed by atoms with E-state index in [-0.39, 0.29) is 10.9 Å². The van der Waals surface area contributed by atoms with E-state index < -0.39 is 26.5 Å². The highest BCUT2D eigenvalue weighted by atomic mass is 32.2. The Balaban J connectivity index is 2.40. The van der Waals surface area contributed by atoms with Gasteiger partial charge in [-0.05, 0) is 25.3 Å². The topological polar surface area (TPSA) is 80.5 Å². The van der Waals surface area contributed by atoms with E-state index in [4.69, 9.17) is 0 Å². The average Bonchev–Trinajstić information content (AvgIpc) is 2.87. The summed E-state index contributed by atoms with van der Waals surface area (Å²) in [5.41, 5.74) is -0.725. The molecule has 1 aliphatic heterocycles. The molecule has 6 nitrogen and oxygen atoms in total. The summed E-state index contributed by atoms with van der Waals surface area (Å²) in [4.78, 5) is 9.43. The van der Waals surface area contributed by atoms with Gasteiger partial charge in [0.25, 0.3) is 0 Å². The van der Waals surface area contributed by atoms with Crippen molar-refractivity contribution in [1.82, 2.24) is 4.31 Å². The van der Waals surface area contributed by atoms with Gasteiger partial charge in [-0.15, -0.1) is 0 Å². The lowest BCUT2D eigenvalue weighted by atomic mass is 10.2. The van der Waals surface area contributed by atoms with Crippen LogP contribution in [0.15, 0.2) is 23.1 Å². The van der Waals surface area contributed by atoms with Crippen LogP contribution < -0.4 is 0 Å². The summed E-state index contributed by atoms with van der Waals surface area (Å²) in [5.74, 6) is -1.14. The van der Waals surface area contributed by atoms with Crippen molar-refractivity contribution >= 4 is 15.7 Å². The van der Waals surface area contributed by atoms with Crippen molar-refractivity contribution in [3.8, 4) is 0 Å². The Bertz CT molecular complexity index is 632. The van der Waals surface area contributed by atoms with E-state index in [9.17, 15) is 22.9 Å². The van der Waals surface area contributed by atoms with Crippen LogP contribution >= 0.6 is 0 Å². The van der Waals surface area contributed by atoms with Crippen LogP contribution in [0, 0.1) is 15.9 Å². The largest absolute Gasteiger partial charge is 0.304 e. The van der Waals surface area contributed by atoms with Gasteiger partial charge in [0, 0.05) is 24.7 Å². The first-order chi connectivity index (χ1) is 9.37. The number of halogens is 1. The molecule has 1 atom stereocenters. The maximum Gasteiger partial charge on any atom is 0.304 e. The van der Waals surface area contributed by atoms with E-state index in [2.05, 4.69) is 0 Å². The van der Waals surface area contributed by atoms with Gasteiger partial charge in [-0.25, -0.2) is 8.42 Å². The molecule has 0 aromatic heterocycles. The Kier molecular flexibility index (Phi) is 4.05. The van der Waals surface area contributed by atoms with Crippen molar-refractivity contribution < 1.29 is 17.7 Å². The summed E-state index contributed by atoms with van der Waals surface area (Å²) in [6.45, 7) is 2.30. The lowest BCUT2D eigenvalue weighted by Crippen LogP contribution is -2.35. The number of hydrogen-bond acceptors (Lipinski definition) is 4. The van der Waals surface area contributed by atoms with E-state index in [0.717, 1.165) is 31.0 Å². The monoisotopic (exact) mass is 302 g/mol. The summed E-state index contributed by atoms with van der Waals surface area (Å²) in [5, 5.41) is 10.5. The van der Waals surface area contributed by atoms with Gasteiger partial charge in [0.2, 0.25) is 15.8 Å². The quantitative estimate of drug-likeness (QED) is 0.631. The molecule has 0 N–H and O–H groups in total. The standard InChI is InChI=1S/C12H15FN2O4S/c1-2-9-4-3-7-14(9)20(18,19)10-5-6-12(15(16)17)11(13)8-10/h5-6,8-9H,2-4,7H2,1H3. The molecule has 20 heavy (non-hydrogen) atoms. The van der Waals surface area contributed by atoms with E-state index in [1.165, 1.54) is 4.31 Å². The van der Waals surface area contributed by atoms with Gasteiger partial charge in [0.1, 0.15) is 0 Å². The smallest absolute Gasteiger partial charge is 0.258 e. The Morgan fingerprint density at radius 2 is 2.20 bits per heavy atom. The minimum Gasteiger partial charge on any atom is -0.258 e. The van der Waals surface area contributed by atoms with E-state index in [1.807, 2.05) is 6.92 Å². The third kappa shape index (κ3) is 2.53. The molecule has 2 rings (SSSR count). The van der Waals surface area contributed by atoms with Crippen molar-refractivity contribution in [2.24, 2.45) is 0 Å². The predicted octanol–water partition coefficient (Wildman–Crippen LogP) is 2.30. The molecule has 0 amide bonds. The first-order valence-electron chi connectivity index (χ1n) is 6.33. The van der Waals surface area contributed by atoms with Crippen molar-refractivity contribution in [3.63, 3.8) is 0 Å². The molecule has 0 aliphatic carbocycles. The number of nitrogens with zero attached hydrogens (tertiary/aromatic N) is 2. The normalized spacial score (nSPS) is 20.2. The molecule has 110 valence electrons. The second kappa shape index (κ2) is 5.45. The van der Waals surface area contributed by atoms with Gasteiger partial charge in [-0.3, -0.25) is 10.1 Å². The van der Waals surface area contributed by atoms with Gasteiger partial charge in [0.05, 0.1) is 9.82 Å². The summed E-state index contributed by atoms with van der Waals surface area (Å²) < 4.78 is 39.8. The van der Waals surface area contributed by atoms with Gasteiger partial charge < -0.3 is 0 Å². The fourth-order valence-electron chi connectivity index (χ4n) is 2.47. The van der Waals surface area contributed by atoms with Crippen LogP contribution in [0.2, 0.25) is 0 Å². The number of benzene rings is 1. The minimum atomic E-state index is -3.79. The highest BCUT2D eigenvalue weighted by Crippen LogP contribution is 2.29. The molecule has 1 heterocycles. The maximum absolute atomic E-state index is 13.6. The highest BCUT2D eigenvalue weighted by molar-refractivity contribution is 7.89. The Morgan fingerprint density at radius 1 is 1.50 bits per heavy atom. The van der Waals surface area contributed by atoms with Gasteiger partial charge in [-0.2, -0.15) is 8.70 Å². The SMILES string of the molecule is CCC1CCCN1S(=O)(=O)c1ccc([N+](=O)[O-])c(F)c1.